The molecule has 0 radical (unpaired) electrons. The van der Waals surface area contributed by atoms with Crippen LogP contribution in [0.5, 0.6) is 0 Å². The Hall–Kier alpha value is -1.75. The SMILES string of the molecule is CN1CCC[C@@H](c2nccnc2-n2ccnc2)C1. The number of rotatable bonds is 2. The van der Waals surface area contributed by atoms with E-state index in [2.05, 4.69) is 26.9 Å². The van der Waals surface area contributed by atoms with Crippen molar-refractivity contribution in [2.24, 2.45) is 0 Å². The maximum atomic E-state index is 4.56. The first-order valence-corrected chi connectivity index (χ1v) is 6.32. The minimum atomic E-state index is 0.467. The highest BCUT2D eigenvalue weighted by molar-refractivity contribution is 5.31. The summed E-state index contributed by atoms with van der Waals surface area (Å²) in [5, 5.41) is 0. The highest BCUT2D eigenvalue weighted by atomic mass is 15.1. The van der Waals surface area contributed by atoms with Gasteiger partial charge in [-0.15, -0.1) is 0 Å². The third-order valence-corrected chi connectivity index (χ3v) is 3.47. The van der Waals surface area contributed by atoms with E-state index < -0.39 is 0 Å². The normalized spacial score (nSPS) is 21.1. The zero-order chi connectivity index (χ0) is 12.4. The molecular formula is C13H17N5. The molecule has 1 atom stereocenters. The summed E-state index contributed by atoms with van der Waals surface area (Å²) < 4.78 is 1.94. The van der Waals surface area contributed by atoms with Gasteiger partial charge in [-0.1, -0.05) is 0 Å². The first-order chi connectivity index (χ1) is 8.84. The van der Waals surface area contributed by atoms with Crippen LogP contribution in [0.25, 0.3) is 5.82 Å². The molecule has 0 aliphatic carbocycles. The maximum Gasteiger partial charge on any atom is 0.160 e. The van der Waals surface area contributed by atoms with Crippen LogP contribution in [0.2, 0.25) is 0 Å². The van der Waals surface area contributed by atoms with Gasteiger partial charge in [-0.2, -0.15) is 0 Å². The molecule has 0 spiro atoms. The number of imidazole rings is 1. The molecule has 3 rings (SSSR count). The van der Waals surface area contributed by atoms with Crippen molar-refractivity contribution in [2.45, 2.75) is 18.8 Å². The summed E-state index contributed by atoms with van der Waals surface area (Å²) in [6.45, 7) is 2.23. The second-order valence-corrected chi connectivity index (χ2v) is 4.84. The molecule has 1 aliphatic heterocycles. The second kappa shape index (κ2) is 4.86. The Labute approximate surface area is 107 Å². The lowest BCUT2D eigenvalue weighted by Crippen LogP contribution is -2.31. The highest BCUT2D eigenvalue weighted by Crippen LogP contribution is 2.27. The molecule has 0 unspecified atom stereocenters. The lowest BCUT2D eigenvalue weighted by Gasteiger charge is -2.29. The molecule has 0 saturated carbocycles. The van der Waals surface area contributed by atoms with E-state index in [1.54, 1.807) is 24.9 Å². The van der Waals surface area contributed by atoms with Crippen LogP contribution in [0.15, 0.2) is 31.1 Å². The maximum absolute atomic E-state index is 4.56. The van der Waals surface area contributed by atoms with Gasteiger partial charge in [0, 0.05) is 37.3 Å². The van der Waals surface area contributed by atoms with Gasteiger partial charge in [0.15, 0.2) is 5.82 Å². The van der Waals surface area contributed by atoms with E-state index in [1.165, 1.54) is 19.4 Å². The molecule has 0 amide bonds. The van der Waals surface area contributed by atoms with E-state index in [0.29, 0.717) is 5.92 Å². The molecular weight excluding hydrogens is 226 g/mol. The molecule has 5 nitrogen and oxygen atoms in total. The Kier molecular flexibility index (Phi) is 3.06. The van der Waals surface area contributed by atoms with Crippen molar-refractivity contribution in [1.29, 1.82) is 0 Å². The largest absolute Gasteiger partial charge is 0.306 e. The van der Waals surface area contributed by atoms with Gasteiger partial charge >= 0.3 is 0 Å². The molecule has 3 heterocycles. The Morgan fingerprint density at radius 3 is 2.89 bits per heavy atom. The summed E-state index contributed by atoms with van der Waals surface area (Å²) >= 11 is 0. The van der Waals surface area contributed by atoms with Crippen LogP contribution in [0.1, 0.15) is 24.5 Å². The smallest absolute Gasteiger partial charge is 0.160 e. The van der Waals surface area contributed by atoms with Crippen LogP contribution >= 0.6 is 0 Å². The van der Waals surface area contributed by atoms with Gasteiger partial charge < -0.3 is 4.90 Å². The van der Waals surface area contributed by atoms with Crippen LogP contribution in [0.4, 0.5) is 0 Å². The molecule has 2 aromatic heterocycles. The Bertz CT molecular complexity index is 508. The second-order valence-electron chi connectivity index (χ2n) is 4.84. The number of hydrogen-bond donors (Lipinski definition) is 0. The summed E-state index contributed by atoms with van der Waals surface area (Å²) in [6.07, 6.45) is 11.4. The van der Waals surface area contributed by atoms with Gasteiger partial charge in [-0.25, -0.2) is 9.97 Å². The molecule has 1 aliphatic rings. The van der Waals surface area contributed by atoms with Crippen molar-refractivity contribution >= 4 is 0 Å². The van der Waals surface area contributed by atoms with E-state index in [4.69, 9.17) is 0 Å². The highest BCUT2D eigenvalue weighted by Gasteiger charge is 2.23. The number of piperidine rings is 1. The lowest BCUT2D eigenvalue weighted by atomic mass is 9.94. The molecule has 94 valence electrons. The number of hydrogen-bond acceptors (Lipinski definition) is 4. The standard InChI is InChI=1S/C13H17N5/c1-17-7-2-3-11(9-17)12-13(16-5-4-15-12)18-8-6-14-10-18/h4-6,8,10-11H,2-3,7,9H2,1H3/t11-/m1/s1. The third-order valence-electron chi connectivity index (χ3n) is 3.47. The van der Waals surface area contributed by atoms with Crippen molar-refractivity contribution in [1.82, 2.24) is 24.4 Å². The van der Waals surface area contributed by atoms with Gasteiger partial charge in [0.05, 0.1) is 5.69 Å². The molecule has 1 fully saturated rings. The first-order valence-electron chi connectivity index (χ1n) is 6.32. The summed E-state index contributed by atoms with van der Waals surface area (Å²) in [5.41, 5.74) is 1.09. The zero-order valence-corrected chi connectivity index (χ0v) is 10.5. The number of likely N-dealkylation sites (tertiary alicyclic amines) is 1. The molecule has 0 aromatic carbocycles. The summed E-state index contributed by atoms with van der Waals surface area (Å²) in [5.74, 6) is 1.38. The lowest BCUT2D eigenvalue weighted by molar-refractivity contribution is 0.248. The average molecular weight is 243 g/mol. The average Bonchev–Trinajstić information content (AvgIpc) is 2.92. The van der Waals surface area contributed by atoms with E-state index in [1.807, 2.05) is 10.8 Å². The summed E-state index contributed by atoms with van der Waals surface area (Å²) in [6, 6.07) is 0. The van der Waals surface area contributed by atoms with Gasteiger partial charge in [0.25, 0.3) is 0 Å². The van der Waals surface area contributed by atoms with E-state index >= 15 is 0 Å². The van der Waals surface area contributed by atoms with Gasteiger partial charge in [-0.05, 0) is 26.4 Å². The minimum absolute atomic E-state index is 0.467. The van der Waals surface area contributed by atoms with Gasteiger partial charge in [0.2, 0.25) is 0 Å². The summed E-state index contributed by atoms with van der Waals surface area (Å²) in [4.78, 5) is 15.5. The molecule has 5 heteroatoms. The van der Waals surface area contributed by atoms with Crippen molar-refractivity contribution < 1.29 is 0 Å². The van der Waals surface area contributed by atoms with Crippen LogP contribution in [0.3, 0.4) is 0 Å². The zero-order valence-electron chi connectivity index (χ0n) is 10.5. The number of likely N-dealkylation sites (N-methyl/N-ethyl adjacent to an activating group) is 1. The molecule has 18 heavy (non-hydrogen) atoms. The van der Waals surface area contributed by atoms with Crippen LogP contribution in [-0.2, 0) is 0 Å². The monoisotopic (exact) mass is 243 g/mol. The third kappa shape index (κ3) is 2.13. The Balaban J connectivity index is 1.96. The summed E-state index contributed by atoms with van der Waals surface area (Å²) in [7, 11) is 2.17. The predicted molar refractivity (Wildman–Crippen MR) is 68.6 cm³/mol. The Morgan fingerprint density at radius 1 is 1.22 bits per heavy atom. The minimum Gasteiger partial charge on any atom is -0.306 e. The van der Waals surface area contributed by atoms with Crippen LogP contribution in [-0.4, -0.2) is 44.6 Å². The van der Waals surface area contributed by atoms with Crippen LogP contribution in [0, 0.1) is 0 Å². The van der Waals surface area contributed by atoms with Crippen molar-refractivity contribution in [3.8, 4) is 5.82 Å². The first kappa shape index (κ1) is 11.3. The predicted octanol–water partition coefficient (Wildman–Crippen LogP) is 1.47. The molecule has 0 N–H and O–H groups in total. The molecule has 1 saturated heterocycles. The molecule has 0 bridgehead atoms. The topological polar surface area (TPSA) is 46.8 Å². The fourth-order valence-electron chi connectivity index (χ4n) is 2.60. The van der Waals surface area contributed by atoms with Gasteiger partial charge in [-0.3, -0.25) is 9.55 Å². The van der Waals surface area contributed by atoms with E-state index in [-0.39, 0.29) is 0 Å². The molecule has 2 aromatic rings. The van der Waals surface area contributed by atoms with Crippen molar-refractivity contribution in [3.05, 3.63) is 36.8 Å². The van der Waals surface area contributed by atoms with Gasteiger partial charge in [0.1, 0.15) is 6.33 Å². The van der Waals surface area contributed by atoms with E-state index in [9.17, 15) is 0 Å². The van der Waals surface area contributed by atoms with E-state index in [0.717, 1.165) is 18.1 Å². The van der Waals surface area contributed by atoms with Crippen molar-refractivity contribution in [2.75, 3.05) is 20.1 Å². The fourth-order valence-corrected chi connectivity index (χ4v) is 2.60. The van der Waals surface area contributed by atoms with Crippen LogP contribution < -0.4 is 0 Å². The quantitative estimate of drug-likeness (QED) is 0.801. The number of aromatic nitrogens is 4. The fraction of sp³-hybridized carbons (Fsp3) is 0.462. The number of nitrogens with zero attached hydrogens (tertiary/aromatic N) is 5. The van der Waals surface area contributed by atoms with Crippen molar-refractivity contribution in [3.63, 3.8) is 0 Å². The Morgan fingerprint density at radius 2 is 2.11 bits per heavy atom.